The van der Waals surface area contributed by atoms with Gasteiger partial charge in [0.05, 0.1) is 11.0 Å². The van der Waals surface area contributed by atoms with Crippen molar-refractivity contribution in [1.82, 2.24) is 9.55 Å². The Labute approximate surface area is 105 Å². The smallest absolute Gasteiger partial charge is 0.333 e. The van der Waals surface area contributed by atoms with Gasteiger partial charge >= 0.3 is 5.69 Å². The van der Waals surface area contributed by atoms with E-state index in [0.717, 1.165) is 21.3 Å². The molecule has 0 fully saturated rings. The summed E-state index contributed by atoms with van der Waals surface area (Å²) in [4.78, 5) is 14.7. The van der Waals surface area contributed by atoms with Crippen LogP contribution in [0, 0.1) is 6.92 Å². The number of aryl methyl sites for hydroxylation is 1. The Morgan fingerprint density at radius 1 is 1.29 bits per heavy atom. The lowest BCUT2D eigenvalue weighted by Crippen LogP contribution is -2.13. The van der Waals surface area contributed by atoms with E-state index in [1.807, 2.05) is 31.2 Å². The van der Waals surface area contributed by atoms with Gasteiger partial charge in [0.1, 0.15) is 5.76 Å². The van der Waals surface area contributed by atoms with Crippen LogP contribution >= 0.6 is 15.9 Å². The zero-order valence-corrected chi connectivity index (χ0v) is 10.6. The topological polar surface area (TPSA) is 50.9 Å². The van der Waals surface area contributed by atoms with Crippen LogP contribution in [0.3, 0.4) is 0 Å². The predicted octanol–water partition coefficient (Wildman–Crippen LogP) is 2.98. The number of halogens is 1. The maximum Gasteiger partial charge on any atom is 0.333 e. The standard InChI is InChI=1S/C12H9BrN2O2/c1-7-2-5-11(17-7)15-10-4-3-8(13)6-9(10)14-12(15)16/h2-6H,1H3,(H,14,16). The largest absolute Gasteiger partial charge is 0.445 e. The van der Waals surface area contributed by atoms with Crippen molar-refractivity contribution in [3.05, 3.63) is 51.0 Å². The van der Waals surface area contributed by atoms with Gasteiger partial charge in [0.2, 0.25) is 5.88 Å². The summed E-state index contributed by atoms with van der Waals surface area (Å²) in [6, 6.07) is 9.24. The molecule has 1 N–H and O–H groups in total. The molecular formula is C12H9BrN2O2. The third-order valence-electron chi connectivity index (χ3n) is 2.59. The molecule has 0 aliphatic carbocycles. The van der Waals surface area contributed by atoms with Crippen LogP contribution < -0.4 is 5.69 Å². The van der Waals surface area contributed by atoms with E-state index in [0.29, 0.717) is 5.88 Å². The van der Waals surface area contributed by atoms with Gasteiger partial charge in [-0.05, 0) is 31.2 Å². The van der Waals surface area contributed by atoms with Crippen molar-refractivity contribution in [1.29, 1.82) is 0 Å². The van der Waals surface area contributed by atoms with Crippen LogP contribution in [0.1, 0.15) is 5.76 Å². The number of imidazole rings is 1. The number of nitrogens with one attached hydrogen (secondary N) is 1. The second-order valence-corrected chi connectivity index (χ2v) is 4.73. The minimum Gasteiger partial charge on any atom is -0.445 e. The van der Waals surface area contributed by atoms with E-state index in [4.69, 9.17) is 4.42 Å². The molecular weight excluding hydrogens is 284 g/mol. The summed E-state index contributed by atoms with van der Waals surface area (Å²) < 4.78 is 7.93. The van der Waals surface area contributed by atoms with Crippen LogP contribution in [0.5, 0.6) is 0 Å². The second kappa shape index (κ2) is 3.63. The molecule has 0 saturated carbocycles. The Morgan fingerprint density at radius 3 is 2.82 bits per heavy atom. The fourth-order valence-electron chi connectivity index (χ4n) is 1.84. The van der Waals surface area contributed by atoms with Crippen molar-refractivity contribution < 1.29 is 4.42 Å². The highest BCUT2D eigenvalue weighted by Gasteiger charge is 2.11. The van der Waals surface area contributed by atoms with E-state index < -0.39 is 0 Å². The predicted molar refractivity (Wildman–Crippen MR) is 68.6 cm³/mol. The van der Waals surface area contributed by atoms with E-state index in [2.05, 4.69) is 20.9 Å². The second-order valence-electron chi connectivity index (χ2n) is 3.81. The molecule has 0 bridgehead atoms. The molecule has 0 aliphatic rings. The fourth-order valence-corrected chi connectivity index (χ4v) is 2.21. The van der Waals surface area contributed by atoms with Gasteiger partial charge in [-0.25, -0.2) is 9.36 Å². The van der Waals surface area contributed by atoms with Gasteiger partial charge in [0.25, 0.3) is 0 Å². The van der Waals surface area contributed by atoms with Crippen LogP contribution in [0.4, 0.5) is 0 Å². The molecule has 0 unspecified atom stereocenters. The fraction of sp³-hybridized carbons (Fsp3) is 0.0833. The van der Waals surface area contributed by atoms with Crippen molar-refractivity contribution in [2.45, 2.75) is 6.92 Å². The van der Waals surface area contributed by atoms with E-state index >= 15 is 0 Å². The summed E-state index contributed by atoms with van der Waals surface area (Å²) in [5.74, 6) is 1.31. The van der Waals surface area contributed by atoms with Crippen LogP contribution in [0.25, 0.3) is 16.9 Å². The first kappa shape index (κ1) is 10.4. The molecule has 4 nitrogen and oxygen atoms in total. The highest BCUT2D eigenvalue weighted by atomic mass is 79.9. The number of hydrogen-bond acceptors (Lipinski definition) is 2. The van der Waals surface area contributed by atoms with Crippen LogP contribution in [0.2, 0.25) is 0 Å². The lowest BCUT2D eigenvalue weighted by Gasteiger charge is -1.98. The summed E-state index contributed by atoms with van der Waals surface area (Å²) in [7, 11) is 0. The maximum atomic E-state index is 11.9. The molecule has 3 aromatic rings. The first-order valence-corrected chi connectivity index (χ1v) is 5.91. The summed E-state index contributed by atoms with van der Waals surface area (Å²) in [6.07, 6.45) is 0. The molecule has 1 aromatic carbocycles. The molecule has 2 heterocycles. The first-order chi connectivity index (χ1) is 8.15. The number of rotatable bonds is 1. The number of nitrogens with zero attached hydrogens (tertiary/aromatic N) is 1. The summed E-state index contributed by atoms with van der Waals surface area (Å²) in [5, 5.41) is 0. The Kier molecular flexibility index (Phi) is 2.22. The normalized spacial score (nSPS) is 11.2. The third kappa shape index (κ3) is 1.63. The number of H-pyrrole nitrogens is 1. The molecule has 0 spiro atoms. The number of furan rings is 1. The van der Waals surface area contributed by atoms with E-state index in [9.17, 15) is 4.79 Å². The van der Waals surface area contributed by atoms with Gasteiger partial charge < -0.3 is 9.40 Å². The third-order valence-corrected chi connectivity index (χ3v) is 3.08. The van der Waals surface area contributed by atoms with Crippen molar-refractivity contribution in [3.63, 3.8) is 0 Å². The first-order valence-electron chi connectivity index (χ1n) is 5.12. The average molecular weight is 293 g/mol. The Bertz CT molecular complexity index is 751. The SMILES string of the molecule is Cc1ccc(-n2c(=O)[nH]c3cc(Br)ccc32)o1. The number of hydrogen-bond donors (Lipinski definition) is 1. The summed E-state index contributed by atoms with van der Waals surface area (Å²) in [5.41, 5.74) is 1.37. The van der Waals surface area contributed by atoms with Crippen molar-refractivity contribution in [2.24, 2.45) is 0 Å². The monoisotopic (exact) mass is 292 g/mol. The highest BCUT2D eigenvalue weighted by molar-refractivity contribution is 9.10. The number of fused-ring (bicyclic) bond motifs is 1. The summed E-state index contributed by atoms with van der Waals surface area (Å²) in [6.45, 7) is 1.85. The van der Waals surface area contributed by atoms with Gasteiger partial charge in [-0.15, -0.1) is 0 Å². The number of aromatic nitrogens is 2. The van der Waals surface area contributed by atoms with Crippen molar-refractivity contribution in [2.75, 3.05) is 0 Å². The van der Waals surface area contributed by atoms with Crippen LogP contribution in [-0.4, -0.2) is 9.55 Å². The molecule has 0 aliphatic heterocycles. The lowest BCUT2D eigenvalue weighted by molar-refractivity contribution is 0.510. The van der Waals surface area contributed by atoms with E-state index in [1.54, 1.807) is 6.07 Å². The lowest BCUT2D eigenvalue weighted by atomic mass is 10.3. The van der Waals surface area contributed by atoms with Crippen LogP contribution in [0.15, 0.2) is 44.0 Å². The molecule has 3 rings (SSSR count). The molecule has 0 amide bonds. The molecule has 17 heavy (non-hydrogen) atoms. The van der Waals surface area contributed by atoms with E-state index in [1.165, 1.54) is 4.57 Å². The van der Waals surface area contributed by atoms with Gasteiger partial charge in [0.15, 0.2) is 0 Å². The number of aromatic amines is 1. The van der Waals surface area contributed by atoms with Crippen molar-refractivity contribution >= 4 is 27.0 Å². The molecule has 0 radical (unpaired) electrons. The van der Waals surface area contributed by atoms with E-state index in [-0.39, 0.29) is 5.69 Å². The minimum absolute atomic E-state index is 0.201. The highest BCUT2D eigenvalue weighted by Crippen LogP contribution is 2.20. The molecule has 0 saturated heterocycles. The zero-order chi connectivity index (χ0) is 12.0. The van der Waals surface area contributed by atoms with Crippen molar-refractivity contribution in [3.8, 4) is 5.88 Å². The Hall–Kier alpha value is -1.75. The molecule has 2 aromatic heterocycles. The van der Waals surface area contributed by atoms with Gasteiger partial charge in [-0.3, -0.25) is 0 Å². The Morgan fingerprint density at radius 2 is 2.12 bits per heavy atom. The average Bonchev–Trinajstić information content (AvgIpc) is 2.80. The minimum atomic E-state index is -0.201. The quantitative estimate of drug-likeness (QED) is 0.750. The maximum absolute atomic E-state index is 11.9. The van der Waals surface area contributed by atoms with Crippen LogP contribution in [-0.2, 0) is 0 Å². The van der Waals surface area contributed by atoms with Gasteiger partial charge in [-0.2, -0.15) is 0 Å². The molecule has 5 heteroatoms. The number of benzene rings is 1. The van der Waals surface area contributed by atoms with Gasteiger partial charge in [-0.1, -0.05) is 15.9 Å². The Balaban J connectivity index is 2.36. The zero-order valence-electron chi connectivity index (χ0n) is 9.03. The molecule has 86 valence electrons. The molecule has 0 atom stereocenters. The van der Waals surface area contributed by atoms with Gasteiger partial charge in [0, 0.05) is 10.5 Å². The summed E-state index contributed by atoms with van der Waals surface area (Å²) >= 11 is 3.37.